The van der Waals surface area contributed by atoms with Gasteiger partial charge in [0.15, 0.2) is 0 Å². The highest BCUT2D eigenvalue weighted by Gasteiger charge is 2.36. The molecule has 2 amide bonds. The molecule has 0 bridgehead atoms. The van der Waals surface area contributed by atoms with Crippen molar-refractivity contribution in [2.75, 3.05) is 25.7 Å². The lowest BCUT2D eigenvalue weighted by molar-refractivity contribution is -0.123. The molecule has 2 aromatic rings. The maximum Gasteiger partial charge on any atom is 0.243 e. The summed E-state index contributed by atoms with van der Waals surface area (Å²) in [6, 6.07) is 14.4. The molecule has 1 unspecified atom stereocenters. The van der Waals surface area contributed by atoms with Crippen LogP contribution in [0.1, 0.15) is 18.4 Å². The molecule has 142 valence electrons. The Hall–Kier alpha value is -3.02. The van der Waals surface area contributed by atoms with Gasteiger partial charge >= 0.3 is 0 Å². The highest BCUT2D eigenvalue weighted by molar-refractivity contribution is 6.03. The number of hydrogen-bond donors (Lipinski definition) is 1. The maximum absolute atomic E-state index is 12.7. The third kappa shape index (κ3) is 4.22. The van der Waals surface area contributed by atoms with E-state index in [1.807, 2.05) is 24.3 Å². The standard InChI is InChI=1S/C21H24N2O4/c1-26-17-9-7-16(8-10-17)23-18(11-12-20(23)24)21(25)22-14-13-15-5-3-4-6-19(15)27-2/h3-10,18H,11-14H2,1-2H3,(H,22,25). The van der Waals surface area contributed by atoms with Gasteiger partial charge in [-0.3, -0.25) is 14.5 Å². The number of ether oxygens (including phenoxy) is 2. The van der Waals surface area contributed by atoms with E-state index in [0.29, 0.717) is 37.2 Å². The van der Waals surface area contributed by atoms with Gasteiger partial charge in [-0.25, -0.2) is 0 Å². The van der Waals surface area contributed by atoms with Crippen LogP contribution in [0.25, 0.3) is 0 Å². The number of anilines is 1. The lowest BCUT2D eigenvalue weighted by Gasteiger charge is -2.24. The molecule has 1 aliphatic heterocycles. The van der Waals surface area contributed by atoms with E-state index in [2.05, 4.69) is 5.32 Å². The quantitative estimate of drug-likeness (QED) is 0.816. The van der Waals surface area contributed by atoms with Crippen LogP contribution in [0.2, 0.25) is 0 Å². The van der Waals surface area contributed by atoms with Crippen LogP contribution in [-0.2, 0) is 16.0 Å². The summed E-state index contributed by atoms with van der Waals surface area (Å²) < 4.78 is 10.5. The van der Waals surface area contributed by atoms with E-state index in [9.17, 15) is 9.59 Å². The summed E-state index contributed by atoms with van der Waals surface area (Å²) in [5.74, 6) is 1.35. The Kier molecular flexibility index (Phi) is 5.96. The first-order chi connectivity index (χ1) is 13.1. The number of hydrogen-bond acceptors (Lipinski definition) is 4. The minimum atomic E-state index is -0.483. The van der Waals surface area contributed by atoms with Crippen LogP contribution >= 0.6 is 0 Å². The minimum Gasteiger partial charge on any atom is -0.497 e. The van der Waals surface area contributed by atoms with Crippen LogP contribution in [0, 0.1) is 0 Å². The molecular formula is C21H24N2O4. The molecule has 6 nitrogen and oxygen atoms in total. The normalized spacial score (nSPS) is 16.3. The van der Waals surface area contributed by atoms with E-state index < -0.39 is 6.04 Å². The number of carbonyl (C=O) groups is 2. The first-order valence-corrected chi connectivity index (χ1v) is 8.99. The Bertz CT molecular complexity index is 804. The molecule has 0 radical (unpaired) electrons. The lowest BCUT2D eigenvalue weighted by atomic mass is 10.1. The number of methoxy groups -OCH3 is 2. The van der Waals surface area contributed by atoms with E-state index in [1.54, 1.807) is 43.4 Å². The average Bonchev–Trinajstić information content (AvgIpc) is 3.10. The monoisotopic (exact) mass is 368 g/mol. The highest BCUT2D eigenvalue weighted by Crippen LogP contribution is 2.28. The van der Waals surface area contributed by atoms with Gasteiger partial charge in [0.05, 0.1) is 14.2 Å². The van der Waals surface area contributed by atoms with Crippen molar-refractivity contribution < 1.29 is 19.1 Å². The Morgan fingerprint density at radius 2 is 1.85 bits per heavy atom. The molecule has 1 N–H and O–H groups in total. The SMILES string of the molecule is COc1ccc(N2C(=O)CCC2C(=O)NCCc2ccccc2OC)cc1. The zero-order valence-electron chi connectivity index (χ0n) is 15.6. The zero-order valence-corrected chi connectivity index (χ0v) is 15.6. The zero-order chi connectivity index (χ0) is 19.2. The summed E-state index contributed by atoms with van der Waals surface area (Å²) in [6.45, 7) is 0.486. The van der Waals surface area contributed by atoms with Gasteiger partial charge in [-0.2, -0.15) is 0 Å². The molecule has 1 heterocycles. The number of amides is 2. The van der Waals surface area contributed by atoms with Gasteiger partial charge in [0.2, 0.25) is 11.8 Å². The number of para-hydroxylation sites is 1. The van der Waals surface area contributed by atoms with Gasteiger partial charge in [0.1, 0.15) is 17.5 Å². The summed E-state index contributed by atoms with van der Waals surface area (Å²) >= 11 is 0. The molecule has 6 heteroatoms. The molecule has 0 spiro atoms. The van der Waals surface area contributed by atoms with Gasteiger partial charge in [-0.1, -0.05) is 18.2 Å². The molecule has 0 aromatic heterocycles. The Balaban J connectivity index is 1.63. The second-order valence-electron chi connectivity index (χ2n) is 6.37. The summed E-state index contributed by atoms with van der Waals surface area (Å²) in [7, 11) is 3.22. The number of benzene rings is 2. The van der Waals surface area contributed by atoms with Gasteiger partial charge in [-0.05, 0) is 48.7 Å². The molecular weight excluding hydrogens is 344 g/mol. The Labute approximate surface area is 159 Å². The van der Waals surface area contributed by atoms with E-state index in [-0.39, 0.29) is 11.8 Å². The summed E-state index contributed by atoms with van der Waals surface area (Å²) in [5, 5.41) is 2.95. The molecule has 0 saturated carbocycles. The summed E-state index contributed by atoms with van der Waals surface area (Å²) in [4.78, 5) is 26.6. The van der Waals surface area contributed by atoms with Gasteiger partial charge in [-0.15, -0.1) is 0 Å². The molecule has 1 saturated heterocycles. The number of nitrogens with zero attached hydrogens (tertiary/aromatic N) is 1. The van der Waals surface area contributed by atoms with Crippen LogP contribution in [0.5, 0.6) is 11.5 Å². The predicted molar refractivity (Wildman–Crippen MR) is 103 cm³/mol. The van der Waals surface area contributed by atoms with E-state index >= 15 is 0 Å². The highest BCUT2D eigenvalue weighted by atomic mass is 16.5. The molecule has 1 fully saturated rings. The minimum absolute atomic E-state index is 0.0370. The lowest BCUT2D eigenvalue weighted by Crippen LogP contribution is -2.45. The first kappa shape index (κ1) is 18.8. The van der Waals surface area contributed by atoms with Crippen molar-refractivity contribution in [3.8, 4) is 11.5 Å². The molecule has 2 aromatic carbocycles. The second kappa shape index (κ2) is 8.58. The maximum atomic E-state index is 12.7. The average molecular weight is 368 g/mol. The summed E-state index contributed by atoms with van der Waals surface area (Å²) in [5.41, 5.74) is 1.75. The number of rotatable bonds is 7. The molecule has 1 atom stereocenters. The predicted octanol–water partition coefficient (Wildman–Crippen LogP) is 2.56. The summed E-state index contributed by atoms with van der Waals surface area (Å²) in [6.07, 6.45) is 1.56. The number of carbonyl (C=O) groups excluding carboxylic acids is 2. The molecule has 0 aliphatic carbocycles. The first-order valence-electron chi connectivity index (χ1n) is 8.99. The third-order valence-electron chi connectivity index (χ3n) is 4.75. The van der Waals surface area contributed by atoms with Crippen LogP contribution in [0.3, 0.4) is 0 Å². The molecule has 3 rings (SSSR count). The van der Waals surface area contributed by atoms with E-state index in [0.717, 1.165) is 11.3 Å². The van der Waals surface area contributed by atoms with Crippen LogP contribution in [0.15, 0.2) is 48.5 Å². The van der Waals surface area contributed by atoms with Crippen molar-refractivity contribution in [3.63, 3.8) is 0 Å². The van der Waals surface area contributed by atoms with Crippen molar-refractivity contribution in [2.45, 2.75) is 25.3 Å². The van der Waals surface area contributed by atoms with Gasteiger partial charge in [0.25, 0.3) is 0 Å². The van der Waals surface area contributed by atoms with Crippen molar-refractivity contribution in [1.29, 1.82) is 0 Å². The van der Waals surface area contributed by atoms with E-state index in [1.165, 1.54) is 0 Å². The smallest absolute Gasteiger partial charge is 0.243 e. The molecule has 27 heavy (non-hydrogen) atoms. The van der Waals surface area contributed by atoms with Crippen LogP contribution in [-0.4, -0.2) is 38.6 Å². The third-order valence-corrected chi connectivity index (χ3v) is 4.75. The number of nitrogens with one attached hydrogen (secondary N) is 1. The van der Waals surface area contributed by atoms with Crippen molar-refractivity contribution in [2.24, 2.45) is 0 Å². The Morgan fingerprint density at radius 3 is 2.56 bits per heavy atom. The second-order valence-corrected chi connectivity index (χ2v) is 6.37. The van der Waals surface area contributed by atoms with Gasteiger partial charge in [0, 0.05) is 18.7 Å². The topological polar surface area (TPSA) is 67.9 Å². The van der Waals surface area contributed by atoms with Crippen molar-refractivity contribution in [1.82, 2.24) is 5.32 Å². The Morgan fingerprint density at radius 1 is 1.11 bits per heavy atom. The van der Waals surface area contributed by atoms with Crippen LogP contribution < -0.4 is 19.7 Å². The van der Waals surface area contributed by atoms with Crippen LogP contribution in [0.4, 0.5) is 5.69 Å². The van der Waals surface area contributed by atoms with E-state index in [4.69, 9.17) is 9.47 Å². The van der Waals surface area contributed by atoms with Crippen molar-refractivity contribution in [3.05, 3.63) is 54.1 Å². The largest absolute Gasteiger partial charge is 0.497 e. The molecule has 1 aliphatic rings. The van der Waals surface area contributed by atoms with Crippen molar-refractivity contribution >= 4 is 17.5 Å². The van der Waals surface area contributed by atoms with Gasteiger partial charge < -0.3 is 14.8 Å². The fourth-order valence-electron chi connectivity index (χ4n) is 3.35. The fourth-order valence-corrected chi connectivity index (χ4v) is 3.35. The fraction of sp³-hybridized carbons (Fsp3) is 0.333.